The van der Waals surface area contributed by atoms with Crippen molar-refractivity contribution in [2.45, 2.75) is 17.3 Å². The van der Waals surface area contributed by atoms with Gasteiger partial charge in [-0.05, 0) is 23.8 Å². The number of halogens is 2. The molecule has 0 radical (unpaired) electrons. The number of aromatic nitrogens is 2. The van der Waals surface area contributed by atoms with Crippen LogP contribution in [0.1, 0.15) is 11.1 Å². The summed E-state index contributed by atoms with van der Waals surface area (Å²) in [5, 5.41) is 3.80. The van der Waals surface area contributed by atoms with Gasteiger partial charge in [0.05, 0.1) is 0 Å². The summed E-state index contributed by atoms with van der Waals surface area (Å²) in [5.74, 6) is 0.639. The lowest BCUT2D eigenvalue weighted by Gasteiger charge is -2.10. The molecule has 6 heteroatoms. The molecule has 1 N–H and O–H groups in total. The highest BCUT2D eigenvalue weighted by Crippen LogP contribution is 2.26. The average Bonchev–Trinajstić information content (AvgIpc) is 2.60. The molecule has 0 fully saturated rings. The zero-order chi connectivity index (χ0) is 16.8. The Bertz CT molecular complexity index is 827. The highest BCUT2D eigenvalue weighted by Gasteiger charge is 2.08. The van der Waals surface area contributed by atoms with Crippen LogP contribution in [0.3, 0.4) is 0 Å². The van der Waals surface area contributed by atoms with Crippen LogP contribution in [0.15, 0.2) is 66.0 Å². The standard InChI is InChI=1S/C18H15F2N3S/c19-15-6-3-4-13(10-15)12-24-18-17(21-8-9-22-18)23-11-14-5-1-2-7-16(14)20/h1-10H,11-12H2,(H,21,23). The van der Waals surface area contributed by atoms with Crippen molar-refractivity contribution in [1.82, 2.24) is 9.97 Å². The van der Waals surface area contributed by atoms with Crippen molar-refractivity contribution in [3.63, 3.8) is 0 Å². The van der Waals surface area contributed by atoms with E-state index < -0.39 is 0 Å². The van der Waals surface area contributed by atoms with Crippen LogP contribution in [0, 0.1) is 11.6 Å². The second-order valence-electron chi connectivity index (χ2n) is 5.07. The van der Waals surface area contributed by atoms with E-state index in [-0.39, 0.29) is 11.6 Å². The topological polar surface area (TPSA) is 37.8 Å². The molecule has 0 aliphatic carbocycles. The van der Waals surface area contributed by atoms with E-state index in [9.17, 15) is 8.78 Å². The zero-order valence-electron chi connectivity index (χ0n) is 12.7. The van der Waals surface area contributed by atoms with Crippen molar-refractivity contribution in [2.75, 3.05) is 5.32 Å². The number of nitrogens with one attached hydrogen (secondary N) is 1. The molecule has 1 aromatic heterocycles. The fourth-order valence-electron chi connectivity index (χ4n) is 2.15. The average molecular weight is 343 g/mol. The first-order valence-electron chi connectivity index (χ1n) is 7.38. The number of hydrogen-bond donors (Lipinski definition) is 1. The van der Waals surface area contributed by atoms with Gasteiger partial charge < -0.3 is 5.32 Å². The Morgan fingerprint density at radius 1 is 0.958 bits per heavy atom. The van der Waals surface area contributed by atoms with Crippen LogP contribution in [0.25, 0.3) is 0 Å². The molecule has 0 atom stereocenters. The van der Waals surface area contributed by atoms with E-state index in [4.69, 9.17) is 0 Å². The summed E-state index contributed by atoms with van der Waals surface area (Å²) >= 11 is 1.45. The Morgan fingerprint density at radius 3 is 2.62 bits per heavy atom. The quantitative estimate of drug-likeness (QED) is 0.661. The zero-order valence-corrected chi connectivity index (χ0v) is 13.6. The first-order valence-corrected chi connectivity index (χ1v) is 8.36. The van der Waals surface area contributed by atoms with Gasteiger partial charge >= 0.3 is 0 Å². The number of thioether (sulfide) groups is 1. The fraction of sp³-hybridized carbons (Fsp3) is 0.111. The minimum absolute atomic E-state index is 0.259. The molecule has 3 rings (SSSR count). The molecular formula is C18H15F2N3S. The molecule has 0 aliphatic rings. The SMILES string of the molecule is Fc1cccc(CSc2nccnc2NCc2ccccc2F)c1. The fourth-order valence-corrected chi connectivity index (χ4v) is 3.03. The normalized spacial score (nSPS) is 10.6. The molecular weight excluding hydrogens is 328 g/mol. The first-order chi connectivity index (χ1) is 11.7. The third-order valence-electron chi connectivity index (χ3n) is 3.33. The van der Waals surface area contributed by atoms with Crippen LogP contribution in [-0.4, -0.2) is 9.97 Å². The highest BCUT2D eigenvalue weighted by molar-refractivity contribution is 7.98. The van der Waals surface area contributed by atoms with Crippen molar-refractivity contribution >= 4 is 17.6 Å². The van der Waals surface area contributed by atoms with Gasteiger partial charge in [0.15, 0.2) is 5.82 Å². The van der Waals surface area contributed by atoms with Crippen LogP contribution in [0.4, 0.5) is 14.6 Å². The summed E-state index contributed by atoms with van der Waals surface area (Å²) in [6.07, 6.45) is 3.18. The van der Waals surface area contributed by atoms with E-state index in [2.05, 4.69) is 15.3 Å². The van der Waals surface area contributed by atoms with Gasteiger partial charge in [-0.2, -0.15) is 0 Å². The lowest BCUT2D eigenvalue weighted by Crippen LogP contribution is -2.05. The molecule has 0 amide bonds. The summed E-state index contributed by atoms with van der Waals surface area (Å²) in [7, 11) is 0. The molecule has 0 bridgehead atoms. The molecule has 1 heterocycles. The monoisotopic (exact) mass is 343 g/mol. The van der Waals surface area contributed by atoms with Gasteiger partial charge in [-0.25, -0.2) is 18.7 Å². The largest absolute Gasteiger partial charge is 0.364 e. The number of nitrogens with zero attached hydrogens (tertiary/aromatic N) is 2. The van der Waals surface area contributed by atoms with Gasteiger partial charge in [-0.1, -0.05) is 42.1 Å². The third-order valence-corrected chi connectivity index (χ3v) is 4.38. The van der Waals surface area contributed by atoms with Crippen molar-refractivity contribution in [1.29, 1.82) is 0 Å². The summed E-state index contributed by atoms with van der Waals surface area (Å²) in [6.45, 7) is 0.318. The van der Waals surface area contributed by atoms with Crippen LogP contribution in [-0.2, 0) is 12.3 Å². The Balaban J connectivity index is 1.68. The van der Waals surface area contributed by atoms with Crippen LogP contribution >= 0.6 is 11.8 Å². The van der Waals surface area contributed by atoms with Gasteiger partial charge in [0.2, 0.25) is 0 Å². The van der Waals surface area contributed by atoms with E-state index in [1.54, 1.807) is 36.7 Å². The van der Waals surface area contributed by atoms with E-state index in [1.165, 1.54) is 30.0 Å². The highest BCUT2D eigenvalue weighted by atomic mass is 32.2. The van der Waals surface area contributed by atoms with Crippen molar-refractivity contribution in [3.8, 4) is 0 Å². The number of hydrogen-bond acceptors (Lipinski definition) is 4. The smallest absolute Gasteiger partial charge is 0.158 e. The molecule has 0 saturated heterocycles. The van der Waals surface area contributed by atoms with E-state index in [1.807, 2.05) is 6.07 Å². The Morgan fingerprint density at radius 2 is 1.79 bits per heavy atom. The maximum atomic E-state index is 13.7. The second kappa shape index (κ2) is 7.88. The first kappa shape index (κ1) is 16.4. The van der Waals surface area contributed by atoms with Gasteiger partial charge in [-0.3, -0.25) is 0 Å². The second-order valence-corrected chi connectivity index (χ2v) is 6.04. The molecule has 0 saturated carbocycles. The van der Waals surface area contributed by atoms with Gasteiger partial charge in [0.1, 0.15) is 16.7 Å². The van der Waals surface area contributed by atoms with Crippen LogP contribution in [0.2, 0.25) is 0 Å². The predicted molar refractivity (Wildman–Crippen MR) is 91.7 cm³/mol. The molecule has 0 spiro atoms. The van der Waals surface area contributed by atoms with Gasteiger partial charge in [0.25, 0.3) is 0 Å². The molecule has 122 valence electrons. The van der Waals surface area contributed by atoms with Crippen LogP contribution < -0.4 is 5.32 Å². The summed E-state index contributed by atoms with van der Waals surface area (Å²) in [6, 6.07) is 13.0. The number of anilines is 1. The molecule has 0 aliphatic heterocycles. The number of rotatable bonds is 6. The predicted octanol–water partition coefficient (Wildman–Crippen LogP) is 4.66. The lowest BCUT2D eigenvalue weighted by atomic mass is 10.2. The van der Waals surface area contributed by atoms with Gasteiger partial charge in [-0.15, -0.1) is 0 Å². The lowest BCUT2D eigenvalue weighted by molar-refractivity contribution is 0.612. The maximum Gasteiger partial charge on any atom is 0.158 e. The van der Waals surface area contributed by atoms with Crippen molar-refractivity contribution < 1.29 is 8.78 Å². The Labute approximate surface area is 143 Å². The summed E-state index contributed by atoms with van der Waals surface area (Å²) in [5.41, 5.74) is 1.43. The van der Waals surface area contributed by atoms with E-state index in [0.717, 1.165) is 5.56 Å². The summed E-state index contributed by atoms with van der Waals surface area (Å²) in [4.78, 5) is 8.56. The molecule has 2 aromatic carbocycles. The van der Waals surface area contributed by atoms with Gasteiger partial charge in [0, 0.05) is 30.3 Å². The Kier molecular flexibility index (Phi) is 5.38. The molecule has 24 heavy (non-hydrogen) atoms. The van der Waals surface area contributed by atoms with Crippen molar-refractivity contribution in [3.05, 3.63) is 83.7 Å². The third kappa shape index (κ3) is 4.29. The summed E-state index contributed by atoms with van der Waals surface area (Å²) < 4.78 is 26.9. The van der Waals surface area contributed by atoms with E-state index >= 15 is 0 Å². The maximum absolute atomic E-state index is 13.7. The molecule has 3 aromatic rings. The Hall–Kier alpha value is -2.47. The van der Waals surface area contributed by atoms with Crippen LogP contribution in [0.5, 0.6) is 0 Å². The van der Waals surface area contributed by atoms with E-state index in [0.29, 0.717) is 28.7 Å². The van der Waals surface area contributed by atoms with Crippen molar-refractivity contribution in [2.24, 2.45) is 0 Å². The molecule has 3 nitrogen and oxygen atoms in total. The minimum Gasteiger partial charge on any atom is -0.364 e. The number of benzene rings is 2. The minimum atomic E-state index is -0.261. The molecule has 0 unspecified atom stereocenters.